The Labute approximate surface area is 197 Å². The summed E-state index contributed by atoms with van der Waals surface area (Å²) in [4.78, 5) is 17.4. The van der Waals surface area contributed by atoms with Crippen molar-refractivity contribution >= 4 is 17.2 Å². The second-order valence-corrected chi connectivity index (χ2v) is 7.97. The number of hydrogen-bond donors (Lipinski definition) is 1. The van der Waals surface area contributed by atoms with Crippen LogP contribution in [-0.2, 0) is 6.54 Å². The average molecular weight is 476 g/mol. The summed E-state index contributed by atoms with van der Waals surface area (Å²) < 4.78 is 43.5. The molecule has 10 heteroatoms. The van der Waals surface area contributed by atoms with Crippen LogP contribution in [0.1, 0.15) is 33.6 Å². The second kappa shape index (κ2) is 9.05. The van der Waals surface area contributed by atoms with E-state index in [-0.39, 0.29) is 16.9 Å². The highest BCUT2D eigenvalue weighted by molar-refractivity contribution is 6.08. The largest absolute Gasteiger partial charge is 0.319 e. The van der Waals surface area contributed by atoms with Crippen LogP contribution in [0.25, 0.3) is 16.9 Å². The van der Waals surface area contributed by atoms with Crippen molar-refractivity contribution in [2.75, 3.05) is 5.32 Å². The first-order chi connectivity index (χ1) is 16.9. The lowest BCUT2D eigenvalue weighted by Gasteiger charge is -2.08. The number of fused-ring (bicyclic) bond motifs is 1. The van der Waals surface area contributed by atoms with Gasteiger partial charge >= 0.3 is 0 Å². The summed E-state index contributed by atoms with van der Waals surface area (Å²) in [6.45, 7) is 2.53. The Morgan fingerprint density at radius 1 is 1.06 bits per heavy atom. The van der Waals surface area contributed by atoms with Gasteiger partial charge in [-0.2, -0.15) is 10.2 Å². The van der Waals surface area contributed by atoms with Crippen LogP contribution in [0.5, 0.6) is 0 Å². The van der Waals surface area contributed by atoms with Crippen molar-refractivity contribution in [3.8, 4) is 11.3 Å². The topological polar surface area (TPSA) is 77.1 Å². The van der Waals surface area contributed by atoms with Crippen molar-refractivity contribution in [3.05, 3.63) is 101 Å². The number of anilines is 1. The number of benzene rings is 2. The molecule has 35 heavy (non-hydrogen) atoms. The predicted molar refractivity (Wildman–Crippen MR) is 124 cm³/mol. The molecule has 0 spiro atoms. The number of carbonyl (C=O) groups is 1. The van der Waals surface area contributed by atoms with Crippen LogP contribution in [-0.4, -0.2) is 30.3 Å². The maximum Gasteiger partial charge on any atom is 0.280 e. The Bertz CT molecular complexity index is 1520. The summed E-state index contributed by atoms with van der Waals surface area (Å²) in [5.41, 5.74) is 2.81. The van der Waals surface area contributed by atoms with Crippen molar-refractivity contribution in [2.45, 2.75) is 19.9 Å². The lowest BCUT2D eigenvalue weighted by atomic mass is 10.1. The Kier molecular flexibility index (Phi) is 5.77. The van der Waals surface area contributed by atoms with Gasteiger partial charge in [0.1, 0.15) is 17.1 Å². The van der Waals surface area contributed by atoms with Crippen molar-refractivity contribution in [3.63, 3.8) is 0 Å². The van der Waals surface area contributed by atoms with E-state index in [0.29, 0.717) is 17.8 Å². The fourth-order valence-electron chi connectivity index (χ4n) is 3.75. The molecule has 7 nitrogen and oxygen atoms in total. The van der Waals surface area contributed by atoms with E-state index in [1.807, 2.05) is 31.2 Å². The van der Waals surface area contributed by atoms with Crippen molar-refractivity contribution in [1.29, 1.82) is 0 Å². The zero-order valence-electron chi connectivity index (χ0n) is 18.5. The molecule has 0 fully saturated rings. The standard InChI is InChI=1S/C25H19F3N6O/c1-15-4-2-3-5-17(15)13-33-14-19(11-29-33)31-25(35)20-12-30-34-22(23(27)28)10-21(32-24(20)34)16-6-8-18(26)9-7-16/h2-12,14,23H,13H2,1H3,(H,31,35). The molecule has 0 saturated carbocycles. The first-order valence-corrected chi connectivity index (χ1v) is 10.7. The van der Waals surface area contributed by atoms with Crippen LogP contribution >= 0.6 is 0 Å². The molecule has 0 radical (unpaired) electrons. The fourth-order valence-corrected chi connectivity index (χ4v) is 3.75. The molecule has 5 rings (SSSR count). The first-order valence-electron chi connectivity index (χ1n) is 10.7. The SMILES string of the molecule is Cc1ccccc1Cn1cc(NC(=O)c2cnn3c(C(F)F)cc(-c4ccc(F)cc4)nc23)cn1. The molecule has 3 heterocycles. The van der Waals surface area contributed by atoms with Crippen molar-refractivity contribution < 1.29 is 18.0 Å². The second-order valence-electron chi connectivity index (χ2n) is 7.97. The summed E-state index contributed by atoms with van der Waals surface area (Å²) in [5, 5.41) is 11.0. The number of aryl methyl sites for hydroxylation is 1. The van der Waals surface area contributed by atoms with E-state index in [2.05, 4.69) is 20.5 Å². The molecule has 0 aliphatic rings. The molecule has 0 atom stereocenters. The molecule has 1 N–H and O–H groups in total. The fraction of sp³-hybridized carbons (Fsp3) is 0.120. The molecule has 0 aliphatic heterocycles. The van der Waals surface area contributed by atoms with E-state index in [0.717, 1.165) is 15.6 Å². The zero-order chi connectivity index (χ0) is 24.5. The van der Waals surface area contributed by atoms with Crippen LogP contribution in [0.2, 0.25) is 0 Å². The van der Waals surface area contributed by atoms with Crippen LogP contribution in [0, 0.1) is 12.7 Å². The Balaban J connectivity index is 1.45. The van der Waals surface area contributed by atoms with Gasteiger partial charge in [-0.05, 0) is 48.4 Å². The van der Waals surface area contributed by atoms with Gasteiger partial charge in [0.15, 0.2) is 5.65 Å². The van der Waals surface area contributed by atoms with Crippen LogP contribution < -0.4 is 5.32 Å². The number of rotatable bonds is 6. The summed E-state index contributed by atoms with van der Waals surface area (Å²) in [5.74, 6) is -1.03. The highest BCUT2D eigenvalue weighted by Gasteiger charge is 2.22. The number of halogens is 3. The highest BCUT2D eigenvalue weighted by Crippen LogP contribution is 2.27. The number of nitrogens with zero attached hydrogens (tertiary/aromatic N) is 5. The highest BCUT2D eigenvalue weighted by atomic mass is 19.3. The van der Waals surface area contributed by atoms with Crippen LogP contribution in [0.3, 0.4) is 0 Å². The minimum atomic E-state index is -2.87. The number of carbonyl (C=O) groups excluding carboxylic acids is 1. The third-order valence-corrected chi connectivity index (χ3v) is 5.59. The van der Waals surface area contributed by atoms with Gasteiger partial charge in [0.2, 0.25) is 0 Å². The third-order valence-electron chi connectivity index (χ3n) is 5.59. The van der Waals surface area contributed by atoms with E-state index in [1.54, 1.807) is 10.9 Å². The lowest BCUT2D eigenvalue weighted by molar-refractivity contribution is 0.102. The quantitative estimate of drug-likeness (QED) is 0.362. The molecule has 5 aromatic rings. The molecule has 0 saturated heterocycles. The Morgan fingerprint density at radius 2 is 1.83 bits per heavy atom. The number of hydrogen-bond acceptors (Lipinski definition) is 4. The third kappa shape index (κ3) is 4.50. The van der Waals surface area contributed by atoms with Crippen molar-refractivity contribution in [1.82, 2.24) is 24.4 Å². The first kappa shape index (κ1) is 22.3. The molecule has 0 unspecified atom stereocenters. The normalized spacial score (nSPS) is 11.3. The summed E-state index contributed by atoms with van der Waals surface area (Å²) in [7, 11) is 0. The van der Waals surface area contributed by atoms with Crippen LogP contribution in [0.4, 0.5) is 18.9 Å². The van der Waals surface area contributed by atoms with Gasteiger partial charge in [-0.3, -0.25) is 9.48 Å². The van der Waals surface area contributed by atoms with Gasteiger partial charge in [0.05, 0.1) is 30.3 Å². The number of nitrogens with one attached hydrogen (secondary N) is 1. The van der Waals surface area contributed by atoms with Gasteiger partial charge in [-0.15, -0.1) is 0 Å². The smallest absolute Gasteiger partial charge is 0.280 e. The van der Waals surface area contributed by atoms with E-state index >= 15 is 0 Å². The molecular weight excluding hydrogens is 457 g/mol. The molecule has 0 bridgehead atoms. The van der Waals surface area contributed by atoms with Gasteiger partial charge in [0, 0.05) is 11.8 Å². The minimum Gasteiger partial charge on any atom is -0.319 e. The molecule has 176 valence electrons. The van der Waals surface area contributed by atoms with Crippen LogP contribution in [0.15, 0.2) is 73.2 Å². The monoisotopic (exact) mass is 476 g/mol. The maximum atomic E-state index is 13.8. The van der Waals surface area contributed by atoms with E-state index in [4.69, 9.17) is 0 Å². The average Bonchev–Trinajstić information content (AvgIpc) is 3.47. The summed E-state index contributed by atoms with van der Waals surface area (Å²) in [6, 6.07) is 14.4. The Hall–Kier alpha value is -4.47. The maximum absolute atomic E-state index is 13.8. The Morgan fingerprint density at radius 3 is 2.57 bits per heavy atom. The van der Waals surface area contributed by atoms with Gasteiger partial charge < -0.3 is 5.32 Å². The molecule has 1 amide bonds. The number of alkyl halides is 2. The number of aromatic nitrogens is 5. The van der Waals surface area contributed by atoms with Gasteiger partial charge in [0.25, 0.3) is 12.3 Å². The van der Waals surface area contributed by atoms with E-state index in [1.165, 1.54) is 42.7 Å². The molecular formula is C25H19F3N6O. The van der Waals surface area contributed by atoms with Crippen molar-refractivity contribution in [2.24, 2.45) is 0 Å². The molecule has 0 aliphatic carbocycles. The lowest BCUT2D eigenvalue weighted by Crippen LogP contribution is -2.12. The minimum absolute atomic E-state index is 0.0162. The zero-order valence-corrected chi connectivity index (χ0v) is 18.5. The predicted octanol–water partition coefficient (Wildman–Crippen LogP) is 5.28. The van der Waals surface area contributed by atoms with Gasteiger partial charge in [-0.25, -0.2) is 22.7 Å². The molecule has 3 aromatic heterocycles. The summed E-state index contributed by atoms with van der Waals surface area (Å²) in [6.07, 6.45) is 1.51. The summed E-state index contributed by atoms with van der Waals surface area (Å²) >= 11 is 0. The number of amides is 1. The van der Waals surface area contributed by atoms with Gasteiger partial charge in [-0.1, -0.05) is 24.3 Å². The van der Waals surface area contributed by atoms with E-state index < -0.39 is 23.8 Å². The molecule has 2 aromatic carbocycles. The van der Waals surface area contributed by atoms with E-state index in [9.17, 15) is 18.0 Å².